The third-order valence-corrected chi connectivity index (χ3v) is 3.38. The van der Waals surface area contributed by atoms with E-state index in [1.54, 1.807) is 0 Å². The quantitative estimate of drug-likeness (QED) is 0.873. The average Bonchev–Trinajstić information content (AvgIpc) is 2.76. The molecule has 3 heteroatoms. The second kappa shape index (κ2) is 4.24. The summed E-state index contributed by atoms with van der Waals surface area (Å²) in [5, 5.41) is 3.51. The molecular weight excluding hydrogens is 210 g/mol. The van der Waals surface area contributed by atoms with Gasteiger partial charge in [-0.15, -0.1) is 0 Å². The first-order valence-corrected chi connectivity index (χ1v) is 6.18. The molecule has 1 fully saturated rings. The zero-order chi connectivity index (χ0) is 11.7. The van der Waals surface area contributed by atoms with Gasteiger partial charge >= 0.3 is 0 Å². The Balaban J connectivity index is 1.80. The molecule has 1 N–H and O–H groups in total. The fourth-order valence-electron chi connectivity index (χ4n) is 2.41. The molecule has 88 valence electrons. The van der Waals surface area contributed by atoms with Crippen LogP contribution in [0.3, 0.4) is 0 Å². The summed E-state index contributed by atoms with van der Waals surface area (Å²) in [5.74, 6) is 1.81. The van der Waals surface area contributed by atoms with E-state index in [0.717, 1.165) is 17.6 Å². The lowest BCUT2D eigenvalue weighted by Gasteiger charge is -2.33. The first kappa shape index (κ1) is 10.4. The van der Waals surface area contributed by atoms with Crippen molar-refractivity contribution in [3.63, 3.8) is 0 Å². The Morgan fingerprint density at radius 2 is 2.00 bits per heavy atom. The standard InChI is InChI=1S/C14H17N3/c1-11-9-12(10-11)16-14-15-7-8-17(14)13-5-3-2-4-6-13/h2-8,11-12H,9-10H2,1H3,(H,15,16). The molecule has 1 aliphatic carbocycles. The molecule has 17 heavy (non-hydrogen) atoms. The largest absolute Gasteiger partial charge is 0.353 e. The van der Waals surface area contributed by atoms with Crippen LogP contribution < -0.4 is 5.32 Å². The topological polar surface area (TPSA) is 29.9 Å². The molecule has 0 spiro atoms. The van der Waals surface area contributed by atoms with Crippen molar-refractivity contribution < 1.29 is 0 Å². The van der Waals surface area contributed by atoms with Crippen molar-refractivity contribution in [2.45, 2.75) is 25.8 Å². The third kappa shape index (κ3) is 2.05. The summed E-state index contributed by atoms with van der Waals surface area (Å²) in [4.78, 5) is 4.39. The van der Waals surface area contributed by atoms with Crippen LogP contribution in [0.25, 0.3) is 5.69 Å². The van der Waals surface area contributed by atoms with Crippen molar-refractivity contribution in [3.05, 3.63) is 42.7 Å². The first-order valence-electron chi connectivity index (χ1n) is 6.18. The van der Waals surface area contributed by atoms with Gasteiger partial charge in [0.25, 0.3) is 0 Å². The van der Waals surface area contributed by atoms with Gasteiger partial charge in [-0.1, -0.05) is 25.1 Å². The third-order valence-electron chi connectivity index (χ3n) is 3.38. The molecule has 3 nitrogen and oxygen atoms in total. The number of hydrogen-bond acceptors (Lipinski definition) is 2. The molecule has 3 rings (SSSR count). The van der Waals surface area contributed by atoms with Gasteiger partial charge in [0.1, 0.15) is 0 Å². The predicted octanol–water partition coefficient (Wildman–Crippen LogP) is 3.08. The highest BCUT2D eigenvalue weighted by Gasteiger charge is 2.26. The summed E-state index contributed by atoms with van der Waals surface area (Å²) in [6, 6.07) is 10.9. The molecule has 0 unspecified atom stereocenters. The van der Waals surface area contributed by atoms with Crippen LogP contribution in [-0.2, 0) is 0 Å². The maximum atomic E-state index is 4.39. The Labute approximate surface area is 101 Å². The molecule has 1 aromatic carbocycles. The highest BCUT2D eigenvalue weighted by molar-refractivity contribution is 5.42. The molecule has 0 atom stereocenters. The van der Waals surface area contributed by atoms with Crippen LogP contribution in [0, 0.1) is 5.92 Å². The number of hydrogen-bond donors (Lipinski definition) is 1. The van der Waals surface area contributed by atoms with Gasteiger partial charge in [0.15, 0.2) is 0 Å². The van der Waals surface area contributed by atoms with E-state index in [1.807, 2.05) is 30.6 Å². The second-order valence-electron chi connectivity index (χ2n) is 4.87. The monoisotopic (exact) mass is 227 g/mol. The maximum Gasteiger partial charge on any atom is 0.207 e. The highest BCUT2D eigenvalue weighted by atomic mass is 15.2. The molecule has 0 radical (unpaired) electrons. The summed E-state index contributed by atoms with van der Waals surface area (Å²) in [6.45, 7) is 2.29. The van der Waals surface area contributed by atoms with Crippen LogP contribution >= 0.6 is 0 Å². The van der Waals surface area contributed by atoms with Gasteiger partial charge in [-0.3, -0.25) is 4.57 Å². The van der Waals surface area contributed by atoms with Crippen LogP contribution in [0.4, 0.5) is 5.95 Å². The van der Waals surface area contributed by atoms with E-state index in [-0.39, 0.29) is 0 Å². The average molecular weight is 227 g/mol. The van der Waals surface area contributed by atoms with Gasteiger partial charge in [-0.25, -0.2) is 4.98 Å². The van der Waals surface area contributed by atoms with E-state index in [9.17, 15) is 0 Å². The number of nitrogens with one attached hydrogen (secondary N) is 1. The zero-order valence-electron chi connectivity index (χ0n) is 10.0. The van der Waals surface area contributed by atoms with E-state index in [1.165, 1.54) is 12.8 Å². The van der Waals surface area contributed by atoms with Gasteiger partial charge < -0.3 is 5.32 Å². The van der Waals surface area contributed by atoms with Crippen molar-refractivity contribution in [1.29, 1.82) is 0 Å². The van der Waals surface area contributed by atoms with Crippen LogP contribution in [0.2, 0.25) is 0 Å². The molecule has 1 aromatic heterocycles. The van der Waals surface area contributed by atoms with Crippen molar-refractivity contribution >= 4 is 5.95 Å². The summed E-state index contributed by atoms with van der Waals surface area (Å²) in [5.41, 5.74) is 1.15. The first-order chi connectivity index (χ1) is 8.33. The summed E-state index contributed by atoms with van der Waals surface area (Å²) in [7, 11) is 0. The van der Waals surface area contributed by atoms with Gasteiger partial charge in [0.05, 0.1) is 0 Å². The van der Waals surface area contributed by atoms with Crippen LogP contribution in [0.1, 0.15) is 19.8 Å². The Hall–Kier alpha value is -1.77. The van der Waals surface area contributed by atoms with Crippen LogP contribution in [0.5, 0.6) is 0 Å². The zero-order valence-corrected chi connectivity index (χ0v) is 10.0. The molecule has 2 aromatic rings. The number of para-hydroxylation sites is 1. The van der Waals surface area contributed by atoms with Gasteiger partial charge in [0, 0.05) is 24.1 Å². The number of nitrogens with zero attached hydrogens (tertiary/aromatic N) is 2. The van der Waals surface area contributed by atoms with Crippen LogP contribution in [-0.4, -0.2) is 15.6 Å². The molecule has 0 amide bonds. The van der Waals surface area contributed by atoms with E-state index in [4.69, 9.17) is 0 Å². The molecule has 1 saturated carbocycles. The summed E-state index contributed by atoms with van der Waals surface area (Å²) < 4.78 is 2.10. The van der Waals surface area contributed by atoms with E-state index >= 15 is 0 Å². The van der Waals surface area contributed by atoms with Crippen molar-refractivity contribution in [1.82, 2.24) is 9.55 Å². The lowest BCUT2D eigenvalue weighted by atomic mass is 9.82. The second-order valence-corrected chi connectivity index (χ2v) is 4.87. The number of rotatable bonds is 3. The Bertz CT molecular complexity index is 483. The highest BCUT2D eigenvalue weighted by Crippen LogP contribution is 2.29. The van der Waals surface area contributed by atoms with E-state index in [2.05, 4.69) is 33.9 Å². The maximum absolute atomic E-state index is 4.39. The summed E-state index contributed by atoms with van der Waals surface area (Å²) in [6.07, 6.45) is 6.35. The molecule has 0 aliphatic heterocycles. The smallest absolute Gasteiger partial charge is 0.207 e. The Kier molecular flexibility index (Phi) is 2.59. The lowest BCUT2D eigenvalue weighted by Crippen LogP contribution is -2.34. The van der Waals surface area contributed by atoms with Crippen LogP contribution in [0.15, 0.2) is 42.7 Å². The lowest BCUT2D eigenvalue weighted by molar-refractivity contribution is 0.307. The van der Waals surface area contributed by atoms with Crippen molar-refractivity contribution in [3.8, 4) is 5.69 Å². The number of aromatic nitrogens is 2. The van der Waals surface area contributed by atoms with E-state index < -0.39 is 0 Å². The number of anilines is 1. The minimum atomic E-state index is 0.592. The van der Waals surface area contributed by atoms with Gasteiger partial charge in [-0.2, -0.15) is 0 Å². The molecule has 0 bridgehead atoms. The fourth-order valence-corrected chi connectivity index (χ4v) is 2.41. The number of imidazole rings is 1. The van der Waals surface area contributed by atoms with Gasteiger partial charge in [0.2, 0.25) is 5.95 Å². The predicted molar refractivity (Wildman–Crippen MR) is 69.4 cm³/mol. The Morgan fingerprint density at radius 3 is 2.71 bits per heavy atom. The molecular formula is C14H17N3. The number of benzene rings is 1. The SMILES string of the molecule is CC1CC(Nc2nccn2-c2ccccc2)C1. The van der Waals surface area contributed by atoms with E-state index in [0.29, 0.717) is 6.04 Å². The van der Waals surface area contributed by atoms with Crippen molar-refractivity contribution in [2.75, 3.05) is 5.32 Å². The minimum Gasteiger partial charge on any atom is -0.353 e. The fraction of sp³-hybridized carbons (Fsp3) is 0.357. The molecule has 1 heterocycles. The molecule has 0 saturated heterocycles. The summed E-state index contributed by atoms with van der Waals surface area (Å²) >= 11 is 0. The normalized spacial score (nSPS) is 23.1. The van der Waals surface area contributed by atoms with Gasteiger partial charge in [-0.05, 0) is 30.9 Å². The Morgan fingerprint density at radius 1 is 1.24 bits per heavy atom. The molecule has 1 aliphatic rings. The minimum absolute atomic E-state index is 0.592. The van der Waals surface area contributed by atoms with Crippen molar-refractivity contribution in [2.24, 2.45) is 5.92 Å².